The van der Waals surface area contributed by atoms with E-state index in [2.05, 4.69) is 92.0 Å². The van der Waals surface area contributed by atoms with Gasteiger partial charge < -0.3 is 5.32 Å². The summed E-state index contributed by atoms with van der Waals surface area (Å²) in [6, 6.07) is 25.8. The maximum Gasteiger partial charge on any atom is 0.0797 e. The van der Waals surface area contributed by atoms with E-state index in [-0.39, 0.29) is 0 Å². The van der Waals surface area contributed by atoms with Crippen molar-refractivity contribution in [2.45, 2.75) is 58.3 Å². The van der Waals surface area contributed by atoms with Crippen molar-refractivity contribution < 1.29 is 0 Å². The lowest BCUT2D eigenvalue weighted by Crippen LogP contribution is -2.15. The molecule has 0 amide bonds. The highest BCUT2D eigenvalue weighted by molar-refractivity contribution is 7.80. The molecule has 1 N–H and O–H groups in total. The smallest absolute Gasteiger partial charge is 0.0797 e. The standard InChI is InChI=1S/C27H33NS/c1-3-4-6-12-21(2)24(22-13-7-5-8-14-22)19-20-27(29)28-26-18-11-16-23-15-9-10-17-25(23)26/h5,7-11,13-18,21,24H,3-4,6,12,19-20H2,1-2H3,(H,28,29). The maximum absolute atomic E-state index is 5.75. The average Bonchev–Trinajstić information content (AvgIpc) is 2.75. The zero-order valence-corrected chi connectivity index (χ0v) is 18.6. The van der Waals surface area contributed by atoms with Crippen molar-refractivity contribution in [3.63, 3.8) is 0 Å². The molecule has 0 spiro atoms. The van der Waals surface area contributed by atoms with Crippen LogP contribution < -0.4 is 5.32 Å². The summed E-state index contributed by atoms with van der Waals surface area (Å²) in [4.78, 5) is 0.933. The van der Waals surface area contributed by atoms with Gasteiger partial charge in [-0.2, -0.15) is 0 Å². The molecule has 1 nitrogen and oxygen atoms in total. The fraction of sp³-hybridized carbons (Fsp3) is 0.370. The summed E-state index contributed by atoms with van der Waals surface area (Å²) in [7, 11) is 0. The minimum atomic E-state index is 0.556. The van der Waals surface area contributed by atoms with Crippen LogP contribution in [-0.2, 0) is 0 Å². The summed E-state index contributed by atoms with van der Waals surface area (Å²) in [6.07, 6.45) is 7.22. The highest BCUT2D eigenvalue weighted by Crippen LogP contribution is 2.33. The van der Waals surface area contributed by atoms with E-state index in [9.17, 15) is 0 Å². The van der Waals surface area contributed by atoms with Gasteiger partial charge in [-0.1, -0.05) is 118 Å². The largest absolute Gasteiger partial charge is 0.350 e. The zero-order chi connectivity index (χ0) is 20.5. The van der Waals surface area contributed by atoms with Crippen LogP contribution in [0.3, 0.4) is 0 Å². The van der Waals surface area contributed by atoms with Gasteiger partial charge in [-0.05, 0) is 41.7 Å². The number of thiocarbonyl (C=S) groups is 1. The van der Waals surface area contributed by atoms with Crippen LogP contribution in [0.15, 0.2) is 72.8 Å². The minimum Gasteiger partial charge on any atom is -0.350 e. The molecule has 0 aliphatic rings. The molecule has 3 rings (SSSR count). The Morgan fingerprint density at radius 1 is 0.862 bits per heavy atom. The van der Waals surface area contributed by atoms with E-state index >= 15 is 0 Å². The second-order valence-corrected chi connectivity index (χ2v) is 8.60. The second-order valence-electron chi connectivity index (χ2n) is 8.10. The van der Waals surface area contributed by atoms with Crippen molar-refractivity contribution in [1.29, 1.82) is 0 Å². The van der Waals surface area contributed by atoms with Crippen LogP contribution in [0.5, 0.6) is 0 Å². The first-order chi connectivity index (χ1) is 14.2. The van der Waals surface area contributed by atoms with Gasteiger partial charge in [0, 0.05) is 11.1 Å². The molecule has 0 fully saturated rings. The van der Waals surface area contributed by atoms with Crippen molar-refractivity contribution in [3.8, 4) is 0 Å². The number of hydrogen-bond donors (Lipinski definition) is 1. The highest BCUT2D eigenvalue weighted by atomic mass is 32.1. The van der Waals surface area contributed by atoms with E-state index in [0.717, 1.165) is 23.5 Å². The first kappa shape index (κ1) is 21.5. The molecule has 152 valence electrons. The van der Waals surface area contributed by atoms with Crippen LogP contribution in [0, 0.1) is 5.92 Å². The van der Waals surface area contributed by atoms with Gasteiger partial charge in [0.25, 0.3) is 0 Å². The number of benzene rings is 3. The topological polar surface area (TPSA) is 12.0 Å². The van der Waals surface area contributed by atoms with Gasteiger partial charge in [0.1, 0.15) is 0 Å². The molecule has 2 heteroatoms. The van der Waals surface area contributed by atoms with Gasteiger partial charge in [-0.3, -0.25) is 0 Å². The first-order valence-corrected chi connectivity index (χ1v) is 11.4. The molecule has 0 aromatic heterocycles. The summed E-state index contributed by atoms with van der Waals surface area (Å²) < 4.78 is 0. The molecule has 2 atom stereocenters. The van der Waals surface area contributed by atoms with Gasteiger partial charge in [0.2, 0.25) is 0 Å². The third kappa shape index (κ3) is 6.14. The molecule has 0 aliphatic carbocycles. The third-order valence-corrected chi connectivity index (χ3v) is 6.23. The predicted octanol–water partition coefficient (Wildman–Crippen LogP) is 8.36. The van der Waals surface area contributed by atoms with Gasteiger partial charge >= 0.3 is 0 Å². The summed E-state index contributed by atoms with van der Waals surface area (Å²) >= 11 is 5.75. The molecule has 3 aromatic carbocycles. The molecule has 3 aromatic rings. The molecular weight excluding hydrogens is 370 g/mol. The summed E-state index contributed by atoms with van der Waals surface area (Å²) in [6.45, 7) is 4.69. The second kappa shape index (κ2) is 11.1. The zero-order valence-electron chi connectivity index (χ0n) is 17.7. The Labute approximate surface area is 181 Å². The summed E-state index contributed by atoms with van der Waals surface area (Å²) in [5.41, 5.74) is 2.56. The Kier molecular flexibility index (Phi) is 8.25. The van der Waals surface area contributed by atoms with E-state index in [0.29, 0.717) is 11.8 Å². The van der Waals surface area contributed by atoms with Crippen molar-refractivity contribution >= 4 is 33.7 Å². The Morgan fingerprint density at radius 2 is 1.59 bits per heavy atom. The Balaban J connectivity index is 1.65. The van der Waals surface area contributed by atoms with Crippen LogP contribution in [0.2, 0.25) is 0 Å². The lowest BCUT2D eigenvalue weighted by atomic mass is 9.81. The van der Waals surface area contributed by atoms with Crippen molar-refractivity contribution in [1.82, 2.24) is 0 Å². The van der Waals surface area contributed by atoms with Crippen LogP contribution in [0.4, 0.5) is 5.69 Å². The molecule has 0 radical (unpaired) electrons. The molecule has 0 saturated heterocycles. The first-order valence-electron chi connectivity index (χ1n) is 11.0. The average molecular weight is 404 g/mol. The predicted molar refractivity (Wildman–Crippen MR) is 132 cm³/mol. The molecule has 0 heterocycles. The normalized spacial score (nSPS) is 13.2. The lowest BCUT2D eigenvalue weighted by molar-refractivity contribution is 0.396. The number of rotatable bonds is 10. The van der Waals surface area contributed by atoms with Crippen molar-refractivity contribution in [2.75, 3.05) is 5.32 Å². The number of hydrogen-bond acceptors (Lipinski definition) is 1. The van der Waals surface area contributed by atoms with Crippen LogP contribution in [-0.4, -0.2) is 4.99 Å². The fourth-order valence-corrected chi connectivity index (χ4v) is 4.46. The van der Waals surface area contributed by atoms with Crippen LogP contribution in [0.25, 0.3) is 10.8 Å². The maximum atomic E-state index is 5.75. The third-order valence-electron chi connectivity index (χ3n) is 5.92. The molecule has 29 heavy (non-hydrogen) atoms. The number of nitrogens with one attached hydrogen (secondary N) is 1. The van der Waals surface area contributed by atoms with Crippen molar-refractivity contribution in [3.05, 3.63) is 78.4 Å². The molecule has 0 bridgehead atoms. The number of unbranched alkanes of at least 4 members (excludes halogenated alkanes) is 2. The molecule has 2 unspecified atom stereocenters. The van der Waals surface area contributed by atoms with Gasteiger partial charge in [0.05, 0.1) is 4.99 Å². The Bertz CT molecular complexity index is 897. The fourth-order valence-electron chi connectivity index (χ4n) is 4.23. The number of anilines is 1. The molecule has 0 aliphatic heterocycles. The quantitative estimate of drug-likeness (QED) is 0.269. The van der Waals surface area contributed by atoms with Gasteiger partial charge in [-0.25, -0.2) is 0 Å². The van der Waals surface area contributed by atoms with E-state index in [1.54, 1.807) is 0 Å². The van der Waals surface area contributed by atoms with Gasteiger partial charge in [-0.15, -0.1) is 0 Å². The monoisotopic (exact) mass is 403 g/mol. The van der Waals surface area contributed by atoms with Crippen LogP contribution in [0.1, 0.15) is 63.9 Å². The van der Waals surface area contributed by atoms with E-state index in [4.69, 9.17) is 12.2 Å². The summed E-state index contributed by atoms with van der Waals surface area (Å²) in [5.74, 6) is 1.23. The van der Waals surface area contributed by atoms with E-state index in [1.807, 2.05) is 0 Å². The highest BCUT2D eigenvalue weighted by Gasteiger charge is 2.19. The lowest BCUT2D eigenvalue weighted by Gasteiger charge is -2.25. The Hall–Kier alpha value is -2.19. The Morgan fingerprint density at radius 3 is 2.38 bits per heavy atom. The molecule has 0 saturated carbocycles. The minimum absolute atomic E-state index is 0.556. The van der Waals surface area contributed by atoms with Crippen molar-refractivity contribution in [2.24, 2.45) is 5.92 Å². The van der Waals surface area contributed by atoms with Crippen LogP contribution >= 0.6 is 12.2 Å². The SMILES string of the molecule is CCCCCC(C)C(CCC(=S)Nc1cccc2ccccc12)c1ccccc1. The van der Waals surface area contributed by atoms with E-state index in [1.165, 1.54) is 42.0 Å². The molecular formula is C27H33NS. The number of fused-ring (bicyclic) bond motifs is 1. The van der Waals surface area contributed by atoms with E-state index < -0.39 is 0 Å². The summed E-state index contributed by atoms with van der Waals surface area (Å²) in [5, 5.41) is 5.98. The van der Waals surface area contributed by atoms with Gasteiger partial charge in [0.15, 0.2) is 0 Å².